The van der Waals surface area contributed by atoms with E-state index in [4.69, 9.17) is 15.2 Å². The van der Waals surface area contributed by atoms with E-state index in [-0.39, 0.29) is 6.23 Å². The van der Waals surface area contributed by atoms with Crippen LogP contribution in [0.5, 0.6) is 0 Å². The molecule has 0 aliphatic carbocycles. The number of esters is 1. The molecule has 3 rings (SSSR count). The molecule has 7 nitrogen and oxygen atoms in total. The number of nitrogens with two attached hydrogens (primary N) is 1. The van der Waals surface area contributed by atoms with Crippen molar-refractivity contribution in [3.8, 4) is 0 Å². The lowest BCUT2D eigenvalue weighted by Crippen LogP contribution is -2.16. The number of methoxy groups -OCH3 is 1. The molecule has 0 amide bonds. The Morgan fingerprint density at radius 2 is 2.28 bits per heavy atom. The largest absolute Gasteiger partial charge is 0.465 e. The van der Waals surface area contributed by atoms with Crippen molar-refractivity contribution in [3.63, 3.8) is 0 Å². The first-order valence-electron chi connectivity index (χ1n) is 8.13. The summed E-state index contributed by atoms with van der Waals surface area (Å²) in [4.78, 5) is 24.9. The van der Waals surface area contributed by atoms with Crippen LogP contribution in [0.1, 0.15) is 35.3 Å². The van der Waals surface area contributed by atoms with E-state index in [1.165, 1.54) is 19.5 Å². The number of nitrogens with zero attached hydrogens (tertiary/aromatic N) is 3. The summed E-state index contributed by atoms with van der Waals surface area (Å²) in [6.07, 6.45) is 7.58. The fraction of sp³-hybridized carbons (Fsp3) is 0.333. The Kier molecular flexibility index (Phi) is 5.35. The zero-order chi connectivity index (χ0) is 17.6. The Morgan fingerprint density at radius 3 is 3.00 bits per heavy atom. The number of aliphatic imine (C=N–C) groups is 1. The monoisotopic (exact) mass is 340 g/mol. The normalized spacial score (nSPS) is 18.6. The zero-order valence-corrected chi connectivity index (χ0v) is 14.0. The SMILES string of the molecule is COC(=O)c1cnc2ccc(C(=C/N)/C=N/C3CCCCO3)nc2c1. The smallest absolute Gasteiger partial charge is 0.339 e. The summed E-state index contributed by atoms with van der Waals surface area (Å²) in [5.41, 5.74) is 8.69. The molecular formula is C18H20N4O3. The van der Waals surface area contributed by atoms with Crippen molar-refractivity contribution in [3.05, 3.63) is 41.9 Å². The van der Waals surface area contributed by atoms with Crippen LogP contribution in [0.2, 0.25) is 0 Å². The predicted molar refractivity (Wildman–Crippen MR) is 95.1 cm³/mol. The van der Waals surface area contributed by atoms with Gasteiger partial charge in [-0.05, 0) is 37.5 Å². The van der Waals surface area contributed by atoms with E-state index < -0.39 is 5.97 Å². The number of rotatable bonds is 4. The molecule has 0 saturated carbocycles. The minimum atomic E-state index is -0.452. The van der Waals surface area contributed by atoms with Gasteiger partial charge in [0.05, 0.1) is 29.4 Å². The topological polar surface area (TPSA) is 99.7 Å². The average Bonchev–Trinajstić information content (AvgIpc) is 2.68. The summed E-state index contributed by atoms with van der Waals surface area (Å²) in [6, 6.07) is 5.29. The molecule has 2 aromatic rings. The predicted octanol–water partition coefficient (Wildman–Crippen LogP) is 2.31. The molecule has 3 heterocycles. The van der Waals surface area contributed by atoms with E-state index in [1.54, 1.807) is 12.3 Å². The van der Waals surface area contributed by atoms with E-state index in [9.17, 15) is 4.79 Å². The van der Waals surface area contributed by atoms with Gasteiger partial charge >= 0.3 is 5.97 Å². The van der Waals surface area contributed by atoms with Crippen molar-refractivity contribution in [2.45, 2.75) is 25.5 Å². The summed E-state index contributed by atoms with van der Waals surface area (Å²) in [5.74, 6) is -0.452. The second-order valence-corrected chi connectivity index (χ2v) is 5.67. The molecular weight excluding hydrogens is 320 g/mol. The zero-order valence-electron chi connectivity index (χ0n) is 14.0. The van der Waals surface area contributed by atoms with Gasteiger partial charge in [0.15, 0.2) is 0 Å². The molecule has 1 unspecified atom stereocenters. The first-order chi connectivity index (χ1) is 12.2. The van der Waals surface area contributed by atoms with E-state index in [0.717, 1.165) is 25.9 Å². The third-order valence-corrected chi connectivity index (χ3v) is 3.97. The molecule has 0 spiro atoms. The number of ether oxygens (including phenoxy) is 2. The highest BCUT2D eigenvalue weighted by Gasteiger charge is 2.12. The van der Waals surface area contributed by atoms with Crippen LogP contribution in [0.15, 0.2) is 35.6 Å². The molecule has 1 saturated heterocycles. The maximum Gasteiger partial charge on any atom is 0.339 e. The van der Waals surface area contributed by atoms with Gasteiger partial charge in [-0.1, -0.05) is 0 Å². The van der Waals surface area contributed by atoms with Crippen LogP contribution in [0, 0.1) is 0 Å². The average molecular weight is 340 g/mol. The van der Waals surface area contributed by atoms with Crippen molar-refractivity contribution in [1.29, 1.82) is 0 Å². The second kappa shape index (κ2) is 7.85. The molecule has 1 aliphatic rings. The van der Waals surface area contributed by atoms with Gasteiger partial charge in [-0.15, -0.1) is 0 Å². The van der Waals surface area contributed by atoms with Crippen molar-refractivity contribution < 1.29 is 14.3 Å². The number of aromatic nitrogens is 2. The van der Waals surface area contributed by atoms with Gasteiger partial charge in [-0.2, -0.15) is 0 Å². The van der Waals surface area contributed by atoms with Crippen LogP contribution >= 0.6 is 0 Å². The lowest BCUT2D eigenvalue weighted by Gasteiger charge is -2.18. The number of fused-ring (bicyclic) bond motifs is 1. The fourth-order valence-corrected chi connectivity index (χ4v) is 2.60. The Hall–Kier alpha value is -2.80. The van der Waals surface area contributed by atoms with Crippen LogP contribution < -0.4 is 5.73 Å². The number of pyridine rings is 2. The maximum atomic E-state index is 11.7. The highest BCUT2D eigenvalue weighted by Crippen LogP contribution is 2.18. The number of carbonyl (C=O) groups excluding carboxylic acids is 1. The molecule has 2 aromatic heterocycles. The number of allylic oxidation sites excluding steroid dienone is 1. The van der Waals surface area contributed by atoms with Crippen LogP contribution in [-0.4, -0.2) is 42.1 Å². The lowest BCUT2D eigenvalue weighted by atomic mass is 10.1. The number of hydrogen-bond donors (Lipinski definition) is 1. The summed E-state index contributed by atoms with van der Waals surface area (Å²) in [5, 5.41) is 0. The molecule has 0 aromatic carbocycles. The number of hydrogen-bond acceptors (Lipinski definition) is 7. The number of carbonyl (C=O) groups is 1. The first kappa shape index (κ1) is 17.0. The van der Waals surface area contributed by atoms with Crippen LogP contribution in [0.3, 0.4) is 0 Å². The molecule has 1 atom stereocenters. The maximum absolute atomic E-state index is 11.7. The Morgan fingerprint density at radius 1 is 1.40 bits per heavy atom. The summed E-state index contributed by atoms with van der Waals surface area (Å²) in [6.45, 7) is 0.736. The molecule has 1 fully saturated rings. The van der Waals surface area contributed by atoms with Gasteiger partial charge in [0, 0.05) is 30.8 Å². The van der Waals surface area contributed by atoms with E-state index in [1.807, 2.05) is 12.1 Å². The van der Waals surface area contributed by atoms with Crippen LogP contribution in [-0.2, 0) is 9.47 Å². The molecule has 0 bridgehead atoms. The van der Waals surface area contributed by atoms with Gasteiger partial charge < -0.3 is 15.2 Å². The third-order valence-electron chi connectivity index (χ3n) is 3.97. The minimum absolute atomic E-state index is 0.128. The van der Waals surface area contributed by atoms with Crippen molar-refractivity contribution in [2.24, 2.45) is 10.7 Å². The third kappa shape index (κ3) is 4.00. The molecule has 1 aliphatic heterocycles. The van der Waals surface area contributed by atoms with Gasteiger partial charge in [0.1, 0.15) is 6.23 Å². The van der Waals surface area contributed by atoms with Crippen molar-refractivity contribution in [1.82, 2.24) is 9.97 Å². The standard InChI is InChI=1S/C18H20N4O3/c1-24-18(23)12-8-16-15(20-10-12)6-5-14(22-16)13(9-19)11-21-17-4-2-3-7-25-17/h5-6,8-11,17H,2-4,7,19H2,1H3/b13-9+,21-11+. The highest BCUT2D eigenvalue weighted by molar-refractivity contribution is 6.09. The fourth-order valence-electron chi connectivity index (χ4n) is 2.60. The van der Waals surface area contributed by atoms with Gasteiger partial charge in [-0.25, -0.2) is 9.78 Å². The Balaban J connectivity index is 1.87. The Labute approximate surface area is 145 Å². The van der Waals surface area contributed by atoms with E-state index in [0.29, 0.717) is 27.9 Å². The van der Waals surface area contributed by atoms with Crippen molar-refractivity contribution in [2.75, 3.05) is 13.7 Å². The summed E-state index contributed by atoms with van der Waals surface area (Å²) < 4.78 is 10.3. The Bertz CT molecular complexity index is 826. The van der Waals surface area contributed by atoms with E-state index in [2.05, 4.69) is 15.0 Å². The summed E-state index contributed by atoms with van der Waals surface area (Å²) >= 11 is 0. The van der Waals surface area contributed by atoms with E-state index >= 15 is 0 Å². The van der Waals surface area contributed by atoms with Gasteiger partial charge in [0.2, 0.25) is 0 Å². The first-order valence-corrected chi connectivity index (χ1v) is 8.13. The minimum Gasteiger partial charge on any atom is -0.465 e. The second-order valence-electron chi connectivity index (χ2n) is 5.67. The van der Waals surface area contributed by atoms with Gasteiger partial charge in [0.25, 0.3) is 0 Å². The summed E-state index contributed by atoms with van der Waals surface area (Å²) in [7, 11) is 1.33. The molecule has 0 radical (unpaired) electrons. The molecule has 130 valence electrons. The van der Waals surface area contributed by atoms with Gasteiger partial charge in [-0.3, -0.25) is 9.98 Å². The lowest BCUT2D eigenvalue weighted by molar-refractivity contribution is 0.0227. The van der Waals surface area contributed by atoms with Crippen LogP contribution in [0.4, 0.5) is 0 Å². The van der Waals surface area contributed by atoms with Crippen molar-refractivity contribution >= 4 is 28.8 Å². The van der Waals surface area contributed by atoms with Crippen LogP contribution in [0.25, 0.3) is 16.6 Å². The highest BCUT2D eigenvalue weighted by atomic mass is 16.5. The quantitative estimate of drug-likeness (QED) is 0.677. The molecule has 25 heavy (non-hydrogen) atoms. The molecule has 2 N–H and O–H groups in total. The molecule has 7 heteroatoms.